The van der Waals surface area contributed by atoms with Crippen molar-refractivity contribution in [1.82, 2.24) is 5.32 Å². The van der Waals surface area contributed by atoms with Crippen LogP contribution in [0.5, 0.6) is 0 Å². The first-order valence-electron chi connectivity index (χ1n) is 6.88. The summed E-state index contributed by atoms with van der Waals surface area (Å²) < 4.78 is 51.2. The van der Waals surface area contributed by atoms with E-state index in [1.165, 1.54) is 0 Å². The molecular weight excluding hydrogens is 270 g/mol. The van der Waals surface area contributed by atoms with Gasteiger partial charge in [-0.05, 0) is 43.0 Å². The number of nitrogens with one attached hydrogen (secondary N) is 1. The van der Waals surface area contributed by atoms with Gasteiger partial charge in [0.05, 0.1) is 5.56 Å². The Morgan fingerprint density at radius 1 is 0.950 bits per heavy atom. The first-order chi connectivity index (χ1) is 9.26. The fourth-order valence-electron chi connectivity index (χ4n) is 2.33. The fourth-order valence-corrected chi connectivity index (χ4v) is 2.33. The average molecular weight is 291 g/mol. The van der Waals surface area contributed by atoms with Crippen molar-refractivity contribution in [3.63, 3.8) is 0 Å². The summed E-state index contributed by atoms with van der Waals surface area (Å²) in [5, 5.41) is 3.27. The quantitative estimate of drug-likeness (QED) is 0.735. The second-order valence-corrected chi connectivity index (χ2v) is 5.04. The number of halogens is 4. The van der Waals surface area contributed by atoms with Crippen molar-refractivity contribution >= 4 is 0 Å². The highest BCUT2D eigenvalue weighted by molar-refractivity contribution is 5.27. The van der Waals surface area contributed by atoms with Crippen molar-refractivity contribution in [2.75, 3.05) is 0 Å². The normalized spacial score (nSPS) is 12.8. The summed E-state index contributed by atoms with van der Waals surface area (Å²) in [4.78, 5) is 0. The summed E-state index contributed by atoms with van der Waals surface area (Å²) in [6.45, 7) is 6.34. The third-order valence-electron chi connectivity index (χ3n) is 3.98. The topological polar surface area (TPSA) is 12.0 Å². The van der Waals surface area contributed by atoms with E-state index in [0.29, 0.717) is 11.6 Å². The highest BCUT2D eigenvalue weighted by Gasteiger charge is 2.31. The predicted molar refractivity (Wildman–Crippen MR) is 71.8 cm³/mol. The van der Waals surface area contributed by atoms with Gasteiger partial charge in [0.15, 0.2) is 0 Å². The van der Waals surface area contributed by atoms with Crippen LogP contribution in [0.15, 0.2) is 18.2 Å². The molecule has 1 nitrogen and oxygen atoms in total. The second kappa shape index (κ2) is 6.57. The van der Waals surface area contributed by atoms with Crippen LogP contribution in [-0.4, -0.2) is 5.54 Å². The lowest BCUT2D eigenvalue weighted by molar-refractivity contribution is -0.137. The lowest BCUT2D eigenvalue weighted by Crippen LogP contribution is -2.43. The van der Waals surface area contributed by atoms with Gasteiger partial charge in [-0.3, -0.25) is 0 Å². The summed E-state index contributed by atoms with van der Waals surface area (Å²) in [6, 6.07) is 2.67. The molecule has 0 atom stereocenters. The van der Waals surface area contributed by atoms with E-state index in [0.717, 1.165) is 31.4 Å². The molecule has 0 saturated heterocycles. The van der Waals surface area contributed by atoms with Gasteiger partial charge in [0.25, 0.3) is 0 Å². The molecule has 0 aliphatic heterocycles. The van der Waals surface area contributed by atoms with Crippen LogP contribution in [0.25, 0.3) is 0 Å². The van der Waals surface area contributed by atoms with Crippen molar-refractivity contribution < 1.29 is 17.6 Å². The molecule has 0 aliphatic carbocycles. The Bertz CT molecular complexity index is 428. The van der Waals surface area contributed by atoms with Gasteiger partial charge in [0.2, 0.25) is 0 Å². The molecule has 0 radical (unpaired) electrons. The van der Waals surface area contributed by atoms with Crippen molar-refractivity contribution in [1.29, 1.82) is 0 Å². The number of hydrogen-bond acceptors (Lipinski definition) is 1. The minimum Gasteiger partial charge on any atom is -0.307 e. The fraction of sp³-hybridized carbons (Fsp3) is 0.600. The SMILES string of the molecule is CCC(CC)(CC)NCc1cc(F)cc(C(F)(F)F)c1. The lowest BCUT2D eigenvalue weighted by atomic mass is 9.89. The zero-order valence-electron chi connectivity index (χ0n) is 12.1. The van der Waals surface area contributed by atoms with Crippen LogP contribution in [0.2, 0.25) is 0 Å². The minimum atomic E-state index is -4.52. The van der Waals surface area contributed by atoms with Crippen molar-refractivity contribution in [2.24, 2.45) is 0 Å². The third kappa shape index (κ3) is 4.20. The minimum absolute atomic E-state index is 0.106. The molecule has 5 heteroatoms. The summed E-state index contributed by atoms with van der Waals surface area (Å²) in [5.41, 5.74) is -0.730. The Labute approximate surface area is 117 Å². The number of hydrogen-bond donors (Lipinski definition) is 1. The Balaban J connectivity index is 2.91. The van der Waals surface area contributed by atoms with Crippen molar-refractivity contribution in [3.8, 4) is 0 Å². The molecule has 0 unspecified atom stereocenters. The van der Waals surface area contributed by atoms with E-state index in [1.807, 2.05) is 20.8 Å². The predicted octanol–water partition coefficient (Wildman–Crippen LogP) is 4.90. The van der Waals surface area contributed by atoms with Crippen LogP contribution in [0.1, 0.15) is 51.2 Å². The van der Waals surface area contributed by atoms with E-state index in [-0.39, 0.29) is 12.1 Å². The monoisotopic (exact) mass is 291 g/mol. The van der Waals surface area contributed by atoms with Gasteiger partial charge in [-0.15, -0.1) is 0 Å². The summed E-state index contributed by atoms with van der Waals surface area (Å²) in [6.07, 6.45) is -1.89. The van der Waals surface area contributed by atoms with Crippen molar-refractivity contribution in [2.45, 2.75) is 58.3 Å². The molecule has 0 amide bonds. The highest BCUT2D eigenvalue weighted by atomic mass is 19.4. The van der Waals surface area contributed by atoms with Crippen molar-refractivity contribution in [3.05, 3.63) is 35.1 Å². The lowest BCUT2D eigenvalue weighted by Gasteiger charge is -2.32. The van der Waals surface area contributed by atoms with Gasteiger partial charge >= 0.3 is 6.18 Å². The van der Waals surface area contributed by atoms with Gasteiger partial charge < -0.3 is 5.32 Å². The summed E-state index contributed by atoms with van der Waals surface area (Å²) >= 11 is 0. The molecule has 0 saturated carbocycles. The van der Waals surface area contributed by atoms with Gasteiger partial charge in [-0.25, -0.2) is 4.39 Å². The molecule has 0 fully saturated rings. The largest absolute Gasteiger partial charge is 0.416 e. The molecule has 114 valence electrons. The molecular formula is C15H21F4N. The van der Waals surface area contributed by atoms with Crippen LogP contribution in [0.3, 0.4) is 0 Å². The maximum absolute atomic E-state index is 13.3. The standard InChI is InChI=1S/C15H21F4N/c1-4-14(5-2,6-3)20-10-11-7-12(15(17,18)19)9-13(16)8-11/h7-9,20H,4-6,10H2,1-3H3. The Hall–Kier alpha value is -1.10. The number of alkyl halides is 3. The zero-order valence-corrected chi connectivity index (χ0v) is 12.1. The van der Waals surface area contributed by atoms with Gasteiger partial charge in [-0.2, -0.15) is 13.2 Å². The van der Waals surface area contributed by atoms with E-state index in [4.69, 9.17) is 0 Å². The molecule has 1 rings (SSSR count). The van der Waals surface area contributed by atoms with E-state index in [1.54, 1.807) is 0 Å². The molecule has 0 bridgehead atoms. The number of benzene rings is 1. The smallest absolute Gasteiger partial charge is 0.307 e. The van der Waals surface area contributed by atoms with Gasteiger partial charge in [-0.1, -0.05) is 20.8 Å². The first-order valence-corrected chi connectivity index (χ1v) is 6.88. The van der Waals surface area contributed by atoms with E-state index < -0.39 is 17.6 Å². The Morgan fingerprint density at radius 2 is 1.50 bits per heavy atom. The van der Waals surface area contributed by atoms with Crippen LogP contribution in [0.4, 0.5) is 17.6 Å². The molecule has 0 aliphatic rings. The summed E-state index contributed by atoms with van der Waals surface area (Å²) in [5.74, 6) is -0.855. The van der Waals surface area contributed by atoms with E-state index >= 15 is 0 Å². The molecule has 0 spiro atoms. The molecule has 0 heterocycles. The van der Waals surface area contributed by atoms with Crippen LogP contribution in [0, 0.1) is 5.82 Å². The first kappa shape index (κ1) is 17.0. The third-order valence-corrected chi connectivity index (χ3v) is 3.98. The molecule has 1 aromatic rings. The van der Waals surface area contributed by atoms with E-state index in [2.05, 4.69) is 5.32 Å². The maximum atomic E-state index is 13.3. The average Bonchev–Trinajstić information content (AvgIpc) is 2.39. The van der Waals surface area contributed by atoms with Gasteiger partial charge in [0, 0.05) is 12.1 Å². The maximum Gasteiger partial charge on any atom is 0.416 e. The highest BCUT2D eigenvalue weighted by Crippen LogP contribution is 2.30. The molecule has 1 N–H and O–H groups in total. The Kier molecular flexibility index (Phi) is 5.57. The summed E-state index contributed by atoms with van der Waals surface area (Å²) in [7, 11) is 0. The van der Waals surface area contributed by atoms with E-state index in [9.17, 15) is 17.6 Å². The zero-order chi connectivity index (χ0) is 15.4. The number of rotatable bonds is 6. The Morgan fingerprint density at radius 3 is 1.95 bits per heavy atom. The van der Waals surface area contributed by atoms with Crippen LogP contribution < -0.4 is 5.32 Å². The molecule has 0 aromatic heterocycles. The van der Waals surface area contributed by atoms with Crippen LogP contribution in [-0.2, 0) is 12.7 Å². The molecule has 1 aromatic carbocycles. The molecule has 20 heavy (non-hydrogen) atoms. The second-order valence-electron chi connectivity index (χ2n) is 5.04. The van der Waals surface area contributed by atoms with Crippen LogP contribution >= 0.6 is 0 Å². The van der Waals surface area contributed by atoms with Gasteiger partial charge in [0.1, 0.15) is 5.82 Å².